The van der Waals surface area contributed by atoms with Gasteiger partial charge in [0.1, 0.15) is 0 Å². The number of halogens is 1. The molecule has 0 saturated heterocycles. The highest BCUT2D eigenvalue weighted by atomic mass is 35.5. The van der Waals surface area contributed by atoms with Crippen LogP contribution in [0.5, 0.6) is 0 Å². The van der Waals surface area contributed by atoms with Gasteiger partial charge in [0.2, 0.25) is 0 Å². The van der Waals surface area contributed by atoms with E-state index in [-0.39, 0.29) is 17.9 Å². The van der Waals surface area contributed by atoms with Crippen LogP contribution in [0.4, 0.5) is 5.69 Å². The fourth-order valence-corrected chi connectivity index (χ4v) is 1.56. The molecule has 0 N–H and O–H groups in total. The number of nitro benzene ring substituents is 1. The Kier molecular flexibility index (Phi) is 5.72. The molecule has 0 aliphatic heterocycles. The van der Waals surface area contributed by atoms with Gasteiger partial charge in [-0.1, -0.05) is 11.6 Å². The maximum atomic E-state index is 10.7. The first-order valence-corrected chi connectivity index (χ1v) is 6.29. The summed E-state index contributed by atoms with van der Waals surface area (Å²) in [5, 5.41) is 11.1. The van der Waals surface area contributed by atoms with Crippen LogP contribution in [0.15, 0.2) is 18.2 Å². The van der Waals surface area contributed by atoms with Crippen molar-refractivity contribution in [3.63, 3.8) is 0 Å². The second-order valence-electron chi connectivity index (χ2n) is 4.80. The molecule has 1 aromatic carbocycles. The van der Waals surface area contributed by atoms with E-state index in [2.05, 4.69) is 0 Å². The second-order valence-corrected chi connectivity index (χ2v) is 5.21. The summed E-state index contributed by atoms with van der Waals surface area (Å²) >= 11 is 5.97. The van der Waals surface area contributed by atoms with E-state index in [1.165, 1.54) is 18.2 Å². The van der Waals surface area contributed by atoms with Gasteiger partial charge in [-0.3, -0.25) is 10.1 Å². The third-order valence-corrected chi connectivity index (χ3v) is 3.27. The Morgan fingerprint density at radius 3 is 2.68 bits per heavy atom. The van der Waals surface area contributed by atoms with Gasteiger partial charge in [0.25, 0.3) is 5.69 Å². The molecule has 0 bridgehead atoms. The molecule has 6 heteroatoms. The lowest BCUT2D eigenvalue weighted by molar-refractivity contribution is -0.384. The molecule has 0 aliphatic carbocycles. The molecular formula is C13H18ClNO4. The third-order valence-electron chi connectivity index (χ3n) is 2.90. The summed E-state index contributed by atoms with van der Waals surface area (Å²) in [7, 11) is 1.65. The minimum Gasteiger partial charge on any atom is -0.379 e. The average molecular weight is 288 g/mol. The number of nitro groups is 1. The van der Waals surface area contributed by atoms with Crippen LogP contribution in [0.3, 0.4) is 0 Å². The van der Waals surface area contributed by atoms with Crippen LogP contribution in [0.2, 0.25) is 5.02 Å². The van der Waals surface area contributed by atoms with Crippen molar-refractivity contribution < 1.29 is 14.4 Å². The van der Waals surface area contributed by atoms with E-state index in [1.807, 2.05) is 13.8 Å². The van der Waals surface area contributed by atoms with Crippen LogP contribution >= 0.6 is 11.6 Å². The number of ether oxygens (including phenoxy) is 2. The number of hydrogen-bond acceptors (Lipinski definition) is 4. The van der Waals surface area contributed by atoms with Gasteiger partial charge in [0.05, 0.1) is 17.1 Å². The SMILES string of the molecule is COC(C)(C)CCOCc1cc([N+](=O)[O-])ccc1Cl. The Bertz CT molecular complexity index is 448. The van der Waals surface area contributed by atoms with Crippen molar-refractivity contribution >= 4 is 17.3 Å². The smallest absolute Gasteiger partial charge is 0.269 e. The first-order valence-electron chi connectivity index (χ1n) is 5.91. The van der Waals surface area contributed by atoms with E-state index < -0.39 is 4.92 Å². The average Bonchev–Trinajstić information content (AvgIpc) is 2.36. The van der Waals surface area contributed by atoms with Gasteiger partial charge >= 0.3 is 0 Å². The maximum Gasteiger partial charge on any atom is 0.269 e. The molecule has 0 fully saturated rings. The highest BCUT2D eigenvalue weighted by molar-refractivity contribution is 6.31. The highest BCUT2D eigenvalue weighted by Gasteiger charge is 2.16. The van der Waals surface area contributed by atoms with Crippen molar-refractivity contribution in [1.29, 1.82) is 0 Å². The molecule has 0 spiro atoms. The topological polar surface area (TPSA) is 61.6 Å². The number of non-ortho nitro benzene ring substituents is 1. The molecule has 106 valence electrons. The fourth-order valence-electron chi connectivity index (χ4n) is 1.39. The predicted molar refractivity (Wildman–Crippen MR) is 73.5 cm³/mol. The van der Waals surface area contributed by atoms with Gasteiger partial charge < -0.3 is 9.47 Å². The fraction of sp³-hybridized carbons (Fsp3) is 0.538. The van der Waals surface area contributed by atoms with Gasteiger partial charge in [-0.2, -0.15) is 0 Å². The summed E-state index contributed by atoms with van der Waals surface area (Å²) in [6, 6.07) is 4.32. The zero-order valence-corrected chi connectivity index (χ0v) is 12.1. The quantitative estimate of drug-likeness (QED) is 0.437. The monoisotopic (exact) mass is 287 g/mol. The van der Waals surface area contributed by atoms with Gasteiger partial charge in [-0.05, 0) is 26.3 Å². The van der Waals surface area contributed by atoms with Crippen molar-refractivity contribution in [2.45, 2.75) is 32.5 Å². The van der Waals surface area contributed by atoms with Gasteiger partial charge in [0.15, 0.2) is 0 Å². The van der Waals surface area contributed by atoms with E-state index >= 15 is 0 Å². The van der Waals surface area contributed by atoms with E-state index in [0.29, 0.717) is 17.2 Å². The van der Waals surface area contributed by atoms with Gasteiger partial charge in [0, 0.05) is 36.4 Å². The van der Waals surface area contributed by atoms with Gasteiger partial charge in [-0.15, -0.1) is 0 Å². The Hall–Kier alpha value is -1.17. The molecule has 0 unspecified atom stereocenters. The Morgan fingerprint density at radius 1 is 1.42 bits per heavy atom. The lowest BCUT2D eigenvalue weighted by Crippen LogP contribution is -2.24. The third kappa shape index (κ3) is 5.14. The molecule has 19 heavy (non-hydrogen) atoms. The zero-order chi connectivity index (χ0) is 14.5. The molecular weight excluding hydrogens is 270 g/mol. The number of hydrogen-bond donors (Lipinski definition) is 0. The van der Waals surface area contributed by atoms with Crippen LogP contribution in [-0.4, -0.2) is 24.2 Å². The molecule has 0 amide bonds. The molecule has 1 aromatic rings. The second kappa shape index (κ2) is 6.84. The van der Waals surface area contributed by atoms with Crippen LogP contribution < -0.4 is 0 Å². The largest absolute Gasteiger partial charge is 0.379 e. The summed E-state index contributed by atoms with van der Waals surface area (Å²) < 4.78 is 10.8. The molecule has 0 radical (unpaired) electrons. The first-order chi connectivity index (χ1) is 8.85. The van der Waals surface area contributed by atoms with E-state index in [4.69, 9.17) is 21.1 Å². The summed E-state index contributed by atoms with van der Waals surface area (Å²) in [4.78, 5) is 10.2. The number of rotatable bonds is 7. The molecule has 5 nitrogen and oxygen atoms in total. The zero-order valence-electron chi connectivity index (χ0n) is 11.3. The lowest BCUT2D eigenvalue weighted by Gasteiger charge is -2.22. The van der Waals surface area contributed by atoms with Crippen molar-refractivity contribution in [1.82, 2.24) is 0 Å². The number of nitrogens with zero attached hydrogens (tertiary/aromatic N) is 1. The maximum absolute atomic E-state index is 10.7. The molecule has 0 aromatic heterocycles. The van der Waals surface area contributed by atoms with E-state index in [1.54, 1.807) is 7.11 Å². The molecule has 0 heterocycles. The lowest BCUT2D eigenvalue weighted by atomic mass is 10.1. The van der Waals surface area contributed by atoms with Crippen molar-refractivity contribution in [3.8, 4) is 0 Å². The predicted octanol–water partition coefficient (Wildman–Crippen LogP) is 3.58. The van der Waals surface area contributed by atoms with Crippen LogP contribution in [-0.2, 0) is 16.1 Å². The molecule has 0 aliphatic rings. The van der Waals surface area contributed by atoms with Crippen molar-refractivity contribution in [3.05, 3.63) is 38.9 Å². The van der Waals surface area contributed by atoms with Gasteiger partial charge in [-0.25, -0.2) is 0 Å². The Labute approximate surface area is 117 Å². The number of methoxy groups -OCH3 is 1. The summed E-state index contributed by atoms with van der Waals surface area (Å²) in [6.07, 6.45) is 0.732. The van der Waals surface area contributed by atoms with Crippen LogP contribution in [0.1, 0.15) is 25.8 Å². The van der Waals surface area contributed by atoms with Crippen LogP contribution in [0, 0.1) is 10.1 Å². The summed E-state index contributed by atoms with van der Waals surface area (Å²) in [6.45, 7) is 4.69. The van der Waals surface area contributed by atoms with Crippen molar-refractivity contribution in [2.24, 2.45) is 0 Å². The van der Waals surface area contributed by atoms with Crippen LogP contribution in [0.25, 0.3) is 0 Å². The Morgan fingerprint density at radius 2 is 2.11 bits per heavy atom. The molecule has 0 atom stereocenters. The standard InChI is InChI=1S/C13H18ClNO4/c1-13(2,18-3)6-7-19-9-10-8-11(15(16)17)4-5-12(10)14/h4-5,8H,6-7,9H2,1-3H3. The van der Waals surface area contributed by atoms with E-state index in [0.717, 1.165) is 6.42 Å². The first kappa shape index (κ1) is 15.9. The molecule has 0 saturated carbocycles. The minimum atomic E-state index is -0.451. The van der Waals surface area contributed by atoms with E-state index in [9.17, 15) is 10.1 Å². The number of benzene rings is 1. The highest BCUT2D eigenvalue weighted by Crippen LogP contribution is 2.23. The van der Waals surface area contributed by atoms with Crippen molar-refractivity contribution in [2.75, 3.05) is 13.7 Å². The minimum absolute atomic E-state index is 0.0141. The summed E-state index contributed by atoms with van der Waals surface area (Å²) in [5.41, 5.74) is 0.387. The normalized spacial score (nSPS) is 11.6. The Balaban J connectivity index is 2.53. The summed E-state index contributed by atoms with van der Waals surface area (Å²) in [5.74, 6) is 0. The molecule has 1 rings (SSSR count).